The number of hydrogen-bond donors (Lipinski definition) is 1. The molecule has 2 N–H and O–H groups in total. The van der Waals surface area contributed by atoms with Crippen molar-refractivity contribution >= 4 is 23.2 Å². The van der Waals surface area contributed by atoms with Crippen molar-refractivity contribution in [2.45, 2.75) is 6.92 Å². The number of anilines is 2. The first kappa shape index (κ1) is 12.9. The van der Waals surface area contributed by atoms with Crippen LogP contribution in [0.5, 0.6) is 0 Å². The molecule has 5 nitrogen and oxygen atoms in total. The summed E-state index contributed by atoms with van der Waals surface area (Å²) in [6.07, 6.45) is 0. The largest absolute Gasteiger partial charge is 0.397 e. The van der Waals surface area contributed by atoms with Gasteiger partial charge in [-0.05, 0) is 37.3 Å². The van der Waals surface area contributed by atoms with Crippen LogP contribution in [-0.4, -0.2) is 11.8 Å². The highest BCUT2D eigenvalue weighted by Gasteiger charge is 2.37. The first-order valence-electron chi connectivity index (χ1n) is 6.32. The van der Waals surface area contributed by atoms with Crippen molar-refractivity contribution < 1.29 is 9.59 Å². The smallest absolute Gasteiger partial charge is 0.266 e. The summed E-state index contributed by atoms with van der Waals surface area (Å²) in [7, 11) is 0. The van der Waals surface area contributed by atoms with E-state index in [0.717, 1.165) is 10.5 Å². The predicted molar refractivity (Wildman–Crippen MR) is 77.9 cm³/mol. The van der Waals surface area contributed by atoms with Crippen LogP contribution in [-0.2, 0) is 0 Å². The quantitative estimate of drug-likeness (QED) is 0.639. The Morgan fingerprint density at radius 1 is 1.05 bits per heavy atom. The standard InChI is InChI=1S/C16H11N3O2/c1-9-2-4-11-12(6-9)16(21)19(15(11)20)14-5-3-10(8-17)7-13(14)18/h2-7H,18H2,1H3. The Hall–Kier alpha value is -3.13. The van der Waals surface area contributed by atoms with Crippen molar-refractivity contribution in [3.63, 3.8) is 0 Å². The minimum atomic E-state index is -0.397. The summed E-state index contributed by atoms with van der Waals surface area (Å²) in [4.78, 5) is 25.9. The van der Waals surface area contributed by atoms with Crippen LogP contribution >= 0.6 is 0 Å². The molecule has 21 heavy (non-hydrogen) atoms. The Labute approximate surface area is 121 Å². The van der Waals surface area contributed by atoms with Crippen molar-refractivity contribution in [1.82, 2.24) is 0 Å². The topological polar surface area (TPSA) is 87.2 Å². The van der Waals surface area contributed by atoms with E-state index in [1.54, 1.807) is 18.2 Å². The lowest BCUT2D eigenvalue weighted by atomic mass is 10.1. The minimum Gasteiger partial charge on any atom is -0.397 e. The molecule has 1 heterocycles. The van der Waals surface area contributed by atoms with Gasteiger partial charge in [0.2, 0.25) is 0 Å². The van der Waals surface area contributed by atoms with Gasteiger partial charge >= 0.3 is 0 Å². The molecule has 0 saturated heterocycles. The Kier molecular flexibility index (Phi) is 2.73. The highest BCUT2D eigenvalue weighted by molar-refractivity contribution is 6.35. The molecular weight excluding hydrogens is 266 g/mol. The Bertz CT molecular complexity index is 834. The van der Waals surface area contributed by atoms with Gasteiger partial charge in [0.1, 0.15) is 0 Å². The van der Waals surface area contributed by atoms with Gasteiger partial charge in [0.05, 0.1) is 34.1 Å². The number of carbonyl (C=O) groups excluding carboxylic acids is 2. The molecule has 0 radical (unpaired) electrons. The molecule has 2 aromatic rings. The average molecular weight is 277 g/mol. The second-order valence-electron chi connectivity index (χ2n) is 4.88. The molecule has 0 spiro atoms. The molecule has 0 fully saturated rings. The van der Waals surface area contributed by atoms with E-state index >= 15 is 0 Å². The zero-order chi connectivity index (χ0) is 15.1. The maximum atomic E-state index is 12.5. The molecule has 5 heteroatoms. The number of nitrogens with zero attached hydrogens (tertiary/aromatic N) is 2. The van der Waals surface area contributed by atoms with Gasteiger partial charge in [-0.25, -0.2) is 4.90 Å². The third-order valence-corrected chi connectivity index (χ3v) is 3.44. The van der Waals surface area contributed by atoms with Crippen LogP contribution in [0, 0.1) is 18.3 Å². The second kappa shape index (κ2) is 4.46. The number of carbonyl (C=O) groups is 2. The van der Waals surface area contributed by atoms with E-state index in [-0.39, 0.29) is 5.69 Å². The predicted octanol–water partition coefficient (Wildman–Crippen LogP) is 2.25. The normalized spacial score (nSPS) is 13.2. The summed E-state index contributed by atoms with van der Waals surface area (Å²) in [5, 5.41) is 8.84. The van der Waals surface area contributed by atoms with Gasteiger partial charge in [-0.1, -0.05) is 11.6 Å². The highest BCUT2D eigenvalue weighted by Crippen LogP contribution is 2.32. The SMILES string of the molecule is Cc1ccc2c(c1)C(=O)N(c1ccc(C#N)cc1N)C2=O. The number of imide groups is 1. The number of aryl methyl sites for hydroxylation is 1. The number of fused-ring (bicyclic) bond motifs is 1. The third kappa shape index (κ3) is 1.85. The molecule has 1 aliphatic heterocycles. The molecular formula is C16H11N3O2. The molecule has 0 aromatic heterocycles. The molecule has 3 rings (SSSR count). The van der Waals surface area contributed by atoms with Gasteiger partial charge in [0, 0.05) is 0 Å². The number of rotatable bonds is 1. The summed E-state index contributed by atoms with van der Waals surface area (Å²) >= 11 is 0. The van der Waals surface area contributed by atoms with Crippen molar-refractivity contribution in [3.8, 4) is 6.07 Å². The summed E-state index contributed by atoms with van der Waals surface area (Å²) in [5.74, 6) is -0.790. The Morgan fingerprint density at radius 3 is 2.43 bits per heavy atom. The van der Waals surface area contributed by atoms with Gasteiger partial charge in [-0.3, -0.25) is 9.59 Å². The van der Waals surface area contributed by atoms with E-state index < -0.39 is 11.8 Å². The van der Waals surface area contributed by atoms with Gasteiger partial charge in [0.25, 0.3) is 11.8 Å². The van der Waals surface area contributed by atoms with Crippen molar-refractivity contribution in [1.29, 1.82) is 5.26 Å². The molecule has 0 aliphatic carbocycles. The molecule has 102 valence electrons. The fourth-order valence-electron chi connectivity index (χ4n) is 2.40. The van der Waals surface area contributed by atoms with E-state index in [9.17, 15) is 9.59 Å². The number of nitriles is 1. The zero-order valence-corrected chi connectivity index (χ0v) is 11.3. The number of hydrogen-bond acceptors (Lipinski definition) is 4. The third-order valence-electron chi connectivity index (χ3n) is 3.44. The Balaban J connectivity index is 2.12. The highest BCUT2D eigenvalue weighted by atomic mass is 16.2. The molecule has 1 aliphatic rings. The number of nitrogens with two attached hydrogens (primary N) is 1. The first-order valence-corrected chi connectivity index (χ1v) is 6.32. The summed E-state index contributed by atoms with van der Waals surface area (Å²) in [6, 6.07) is 11.6. The van der Waals surface area contributed by atoms with Gasteiger partial charge in [-0.15, -0.1) is 0 Å². The van der Waals surface area contributed by atoms with Crippen molar-refractivity contribution in [2.24, 2.45) is 0 Å². The van der Waals surface area contributed by atoms with Gasteiger partial charge < -0.3 is 5.73 Å². The van der Waals surface area contributed by atoms with Crippen LogP contribution in [0.1, 0.15) is 31.8 Å². The van der Waals surface area contributed by atoms with Crippen LogP contribution in [0.25, 0.3) is 0 Å². The van der Waals surface area contributed by atoms with E-state index in [1.807, 2.05) is 13.0 Å². The molecule has 0 saturated carbocycles. The zero-order valence-electron chi connectivity index (χ0n) is 11.3. The Morgan fingerprint density at radius 2 is 1.76 bits per heavy atom. The summed E-state index contributed by atoms with van der Waals surface area (Å²) in [5.41, 5.74) is 8.43. The van der Waals surface area contributed by atoms with E-state index in [0.29, 0.717) is 22.4 Å². The molecule has 2 amide bonds. The lowest BCUT2D eigenvalue weighted by Gasteiger charge is -2.16. The number of amides is 2. The van der Waals surface area contributed by atoms with Crippen LogP contribution in [0.4, 0.5) is 11.4 Å². The average Bonchev–Trinajstić information content (AvgIpc) is 2.71. The molecule has 0 atom stereocenters. The van der Waals surface area contributed by atoms with Crippen molar-refractivity contribution in [2.75, 3.05) is 10.6 Å². The molecule has 0 bridgehead atoms. The second-order valence-corrected chi connectivity index (χ2v) is 4.88. The van der Waals surface area contributed by atoms with E-state index in [1.165, 1.54) is 18.2 Å². The maximum absolute atomic E-state index is 12.5. The fourth-order valence-corrected chi connectivity index (χ4v) is 2.40. The van der Waals surface area contributed by atoms with Gasteiger partial charge in [0.15, 0.2) is 0 Å². The summed E-state index contributed by atoms with van der Waals surface area (Å²) < 4.78 is 0. The van der Waals surface area contributed by atoms with E-state index in [4.69, 9.17) is 11.0 Å². The lowest BCUT2D eigenvalue weighted by molar-refractivity contribution is 0.0926. The van der Waals surface area contributed by atoms with Crippen LogP contribution in [0.3, 0.4) is 0 Å². The van der Waals surface area contributed by atoms with Crippen LogP contribution in [0.15, 0.2) is 36.4 Å². The van der Waals surface area contributed by atoms with Gasteiger partial charge in [-0.2, -0.15) is 5.26 Å². The van der Waals surface area contributed by atoms with Crippen LogP contribution < -0.4 is 10.6 Å². The molecule has 0 unspecified atom stereocenters. The fraction of sp³-hybridized carbons (Fsp3) is 0.0625. The number of nitrogen functional groups attached to an aromatic ring is 1. The molecule has 2 aromatic carbocycles. The number of benzene rings is 2. The van der Waals surface area contributed by atoms with Crippen molar-refractivity contribution in [3.05, 3.63) is 58.7 Å². The first-order chi connectivity index (χ1) is 10.0. The van der Waals surface area contributed by atoms with E-state index in [2.05, 4.69) is 0 Å². The maximum Gasteiger partial charge on any atom is 0.266 e. The lowest BCUT2D eigenvalue weighted by Crippen LogP contribution is -2.30. The minimum absolute atomic E-state index is 0.222. The van der Waals surface area contributed by atoms with Crippen LogP contribution in [0.2, 0.25) is 0 Å². The summed E-state index contributed by atoms with van der Waals surface area (Å²) in [6.45, 7) is 1.86. The monoisotopic (exact) mass is 277 g/mol.